The number of halogens is 2. The number of hydrogen-bond donors (Lipinski definition) is 2. The van der Waals surface area contributed by atoms with Gasteiger partial charge in [-0.3, -0.25) is 9.89 Å². The van der Waals surface area contributed by atoms with Crippen molar-refractivity contribution < 1.29 is 4.39 Å². The Bertz CT molecular complexity index is 892. The first-order valence-electron chi connectivity index (χ1n) is 10.8. The van der Waals surface area contributed by atoms with Crippen LogP contribution in [0.1, 0.15) is 24.5 Å². The first kappa shape index (κ1) is 23.7. The molecular weight excluding hydrogens is 506 g/mol. The first-order valence-corrected chi connectivity index (χ1v) is 10.8. The van der Waals surface area contributed by atoms with Crippen molar-refractivity contribution in [1.82, 2.24) is 20.5 Å². The van der Waals surface area contributed by atoms with E-state index in [9.17, 15) is 4.39 Å². The number of guanidine groups is 1. The van der Waals surface area contributed by atoms with Crippen molar-refractivity contribution in [2.24, 2.45) is 4.99 Å². The van der Waals surface area contributed by atoms with Crippen molar-refractivity contribution in [3.63, 3.8) is 0 Å². The molecule has 2 aliphatic heterocycles. The third-order valence-corrected chi connectivity index (χ3v) is 6.14. The number of aromatic nitrogens is 1. The monoisotopic (exact) mass is 538 g/mol. The number of rotatable bonds is 5. The summed E-state index contributed by atoms with van der Waals surface area (Å²) in [6, 6.07) is 12.4. The second-order valence-corrected chi connectivity index (χ2v) is 8.18. The number of aliphatic imine (C=N–C) groups is 1. The molecular formula is C23H32FIN6. The van der Waals surface area contributed by atoms with Crippen LogP contribution < -0.4 is 15.5 Å². The van der Waals surface area contributed by atoms with Gasteiger partial charge in [-0.2, -0.15) is 0 Å². The van der Waals surface area contributed by atoms with Crippen LogP contribution in [0.15, 0.2) is 47.6 Å². The summed E-state index contributed by atoms with van der Waals surface area (Å²) >= 11 is 0. The minimum Gasteiger partial charge on any atom is -0.355 e. The normalized spacial score (nSPS) is 20.0. The van der Waals surface area contributed by atoms with Gasteiger partial charge in [0, 0.05) is 58.1 Å². The molecule has 2 aliphatic rings. The van der Waals surface area contributed by atoms with Crippen LogP contribution in [0.3, 0.4) is 0 Å². The zero-order valence-electron chi connectivity index (χ0n) is 18.2. The maximum atomic E-state index is 14.0. The lowest BCUT2D eigenvalue weighted by atomic mass is 9.99. The summed E-state index contributed by atoms with van der Waals surface area (Å²) in [5.74, 6) is 0.967. The van der Waals surface area contributed by atoms with Crippen LogP contribution >= 0.6 is 24.0 Å². The number of hydrogen-bond acceptors (Lipinski definition) is 4. The second-order valence-electron chi connectivity index (χ2n) is 8.18. The van der Waals surface area contributed by atoms with Gasteiger partial charge in [0.15, 0.2) is 17.6 Å². The second kappa shape index (κ2) is 11.1. The van der Waals surface area contributed by atoms with E-state index in [1.807, 2.05) is 4.90 Å². The highest BCUT2D eigenvalue weighted by Gasteiger charge is 2.26. The molecule has 0 bridgehead atoms. The summed E-state index contributed by atoms with van der Waals surface area (Å²) in [5, 5.41) is 6.96. The van der Waals surface area contributed by atoms with E-state index in [4.69, 9.17) is 0 Å². The van der Waals surface area contributed by atoms with E-state index in [1.54, 1.807) is 19.3 Å². The zero-order chi connectivity index (χ0) is 20.9. The maximum Gasteiger partial charge on any atom is 0.191 e. The summed E-state index contributed by atoms with van der Waals surface area (Å²) in [6.07, 6.45) is 3.67. The van der Waals surface area contributed by atoms with Crippen LogP contribution in [-0.2, 0) is 13.0 Å². The molecule has 0 aliphatic carbocycles. The highest BCUT2D eigenvalue weighted by molar-refractivity contribution is 14.0. The van der Waals surface area contributed by atoms with Crippen molar-refractivity contribution in [2.45, 2.75) is 38.4 Å². The Kier molecular flexibility index (Phi) is 8.48. The quantitative estimate of drug-likeness (QED) is 0.349. The van der Waals surface area contributed by atoms with E-state index in [0.717, 1.165) is 45.0 Å². The van der Waals surface area contributed by atoms with E-state index in [2.05, 4.69) is 56.7 Å². The molecule has 2 aromatic rings. The number of fused-ring (bicyclic) bond motifs is 1. The van der Waals surface area contributed by atoms with Crippen LogP contribution in [-0.4, -0.2) is 61.2 Å². The summed E-state index contributed by atoms with van der Waals surface area (Å²) in [6.45, 7) is 6.67. The van der Waals surface area contributed by atoms with Crippen molar-refractivity contribution in [3.8, 4) is 0 Å². The van der Waals surface area contributed by atoms with Gasteiger partial charge in [0.05, 0.1) is 0 Å². The topological polar surface area (TPSA) is 55.8 Å². The Labute approximate surface area is 201 Å². The molecule has 2 unspecified atom stereocenters. The maximum absolute atomic E-state index is 14.0. The predicted molar refractivity (Wildman–Crippen MR) is 135 cm³/mol. The minimum absolute atomic E-state index is 0. The van der Waals surface area contributed by atoms with Gasteiger partial charge < -0.3 is 15.5 Å². The van der Waals surface area contributed by atoms with E-state index < -0.39 is 0 Å². The average Bonchev–Trinajstić information content (AvgIpc) is 3.24. The molecule has 0 spiro atoms. The molecule has 6 nitrogen and oxygen atoms in total. The summed E-state index contributed by atoms with van der Waals surface area (Å²) in [5.41, 5.74) is 2.91. The Hall–Kier alpha value is -1.94. The molecule has 1 saturated heterocycles. The van der Waals surface area contributed by atoms with Crippen molar-refractivity contribution in [2.75, 3.05) is 38.1 Å². The van der Waals surface area contributed by atoms with Crippen molar-refractivity contribution in [3.05, 3.63) is 59.5 Å². The van der Waals surface area contributed by atoms with Gasteiger partial charge in [-0.15, -0.1) is 24.0 Å². The van der Waals surface area contributed by atoms with Gasteiger partial charge in [-0.1, -0.05) is 24.3 Å². The minimum atomic E-state index is -0.266. The zero-order valence-corrected chi connectivity index (χ0v) is 20.6. The summed E-state index contributed by atoms with van der Waals surface area (Å²) in [7, 11) is 1.79. The van der Waals surface area contributed by atoms with Gasteiger partial charge >= 0.3 is 0 Å². The molecule has 2 N–H and O–H groups in total. The van der Waals surface area contributed by atoms with Crippen molar-refractivity contribution >= 4 is 35.8 Å². The largest absolute Gasteiger partial charge is 0.355 e. The lowest BCUT2D eigenvalue weighted by Gasteiger charge is -2.34. The van der Waals surface area contributed by atoms with E-state index in [-0.39, 0.29) is 35.8 Å². The SMILES string of the molecule is CN=C(NCC(C)N1CCc2ccccc2C1)NC1CCN(c2ncccc2F)C1.I. The van der Waals surface area contributed by atoms with Gasteiger partial charge in [0.1, 0.15) is 0 Å². The summed E-state index contributed by atoms with van der Waals surface area (Å²) < 4.78 is 14.0. The number of nitrogens with one attached hydrogen (secondary N) is 2. The lowest BCUT2D eigenvalue weighted by molar-refractivity contribution is 0.191. The number of benzene rings is 1. The molecule has 1 aromatic carbocycles. The Morgan fingerprint density at radius 1 is 1.23 bits per heavy atom. The highest BCUT2D eigenvalue weighted by atomic mass is 127. The molecule has 2 atom stereocenters. The molecule has 1 aromatic heterocycles. The van der Waals surface area contributed by atoms with Crippen LogP contribution in [0.25, 0.3) is 0 Å². The van der Waals surface area contributed by atoms with Gasteiger partial charge in [0.2, 0.25) is 0 Å². The third kappa shape index (κ3) is 5.85. The molecule has 3 heterocycles. The van der Waals surface area contributed by atoms with E-state index in [1.165, 1.54) is 17.2 Å². The van der Waals surface area contributed by atoms with Gasteiger partial charge in [-0.05, 0) is 43.0 Å². The average molecular weight is 538 g/mol. The fourth-order valence-corrected chi connectivity index (χ4v) is 4.34. The molecule has 0 amide bonds. The van der Waals surface area contributed by atoms with Crippen LogP contribution in [0.4, 0.5) is 10.2 Å². The number of anilines is 1. The molecule has 31 heavy (non-hydrogen) atoms. The third-order valence-electron chi connectivity index (χ3n) is 6.14. The van der Waals surface area contributed by atoms with Crippen LogP contribution in [0.2, 0.25) is 0 Å². The molecule has 0 saturated carbocycles. The van der Waals surface area contributed by atoms with Crippen LogP contribution in [0.5, 0.6) is 0 Å². The molecule has 168 valence electrons. The van der Waals surface area contributed by atoms with E-state index in [0.29, 0.717) is 18.4 Å². The standard InChI is InChI=1S/C23H31FN6.HI/c1-17(29-12-9-18-6-3-4-7-19(18)15-29)14-27-23(25-2)28-20-10-13-30(16-20)22-21(24)8-5-11-26-22;/h3-8,11,17,20H,9-10,12-16H2,1-2H3,(H2,25,27,28);1H. The Morgan fingerprint density at radius 2 is 2.03 bits per heavy atom. The summed E-state index contributed by atoms with van der Waals surface area (Å²) in [4.78, 5) is 13.1. The first-order chi connectivity index (χ1) is 14.6. The Balaban J connectivity index is 0.00000272. The van der Waals surface area contributed by atoms with Gasteiger partial charge in [0.25, 0.3) is 0 Å². The van der Waals surface area contributed by atoms with E-state index >= 15 is 0 Å². The molecule has 8 heteroatoms. The number of nitrogens with zero attached hydrogens (tertiary/aromatic N) is 4. The lowest BCUT2D eigenvalue weighted by Crippen LogP contribution is -2.49. The predicted octanol–water partition coefficient (Wildman–Crippen LogP) is 3.03. The fraction of sp³-hybridized carbons (Fsp3) is 0.478. The number of pyridine rings is 1. The Morgan fingerprint density at radius 3 is 2.81 bits per heavy atom. The van der Waals surface area contributed by atoms with Gasteiger partial charge in [-0.25, -0.2) is 9.37 Å². The van der Waals surface area contributed by atoms with Crippen molar-refractivity contribution in [1.29, 1.82) is 0 Å². The highest BCUT2D eigenvalue weighted by Crippen LogP contribution is 2.21. The molecule has 4 rings (SSSR count). The smallest absolute Gasteiger partial charge is 0.191 e. The molecule has 1 fully saturated rings. The molecule has 0 radical (unpaired) electrons. The van der Waals surface area contributed by atoms with Crippen LogP contribution in [0, 0.1) is 5.82 Å². The fourth-order valence-electron chi connectivity index (χ4n) is 4.34.